The highest BCUT2D eigenvalue weighted by atomic mass is 32.2. The Morgan fingerprint density at radius 2 is 1.91 bits per heavy atom. The molecule has 0 saturated heterocycles. The van der Waals surface area contributed by atoms with Crippen molar-refractivity contribution < 1.29 is 27.1 Å². The number of aryl methyl sites for hydroxylation is 1. The molecule has 0 amide bonds. The van der Waals surface area contributed by atoms with Crippen molar-refractivity contribution in [2.24, 2.45) is 0 Å². The molecule has 0 aliphatic rings. The van der Waals surface area contributed by atoms with Crippen molar-refractivity contribution in [2.75, 3.05) is 0 Å². The van der Waals surface area contributed by atoms with Gasteiger partial charge >= 0.3 is 5.97 Å². The molecule has 1 heterocycles. The van der Waals surface area contributed by atoms with Crippen LogP contribution in [-0.4, -0.2) is 41.7 Å². The second-order valence-corrected chi connectivity index (χ2v) is 6.83. The SMILES string of the molecule is Cc1nn(C(C)C)c(C)c1S(=O)(=O)NC(CC(F)F)C(=O)O. The summed E-state index contributed by atoms with van der Waals surface area (Å²) in [7, 11) is -4.27. The number of hydrogen-bond acceptors (Lipinski definition) is 4. The molecular weight excluding hydrogens is 320 g/mol. The van der Waals surface area contributed by atoms with Crippen LogP contribution in [-0.2, 0) is 14.8 Å². The van der Waals surface area contributed by atoms with Crippen molar-refractivity contribution in [3.05, 3.63) is 11.4 Å². The number of aliphatic carboxylic acids is 1. The topological polar surface area (TPSA) is 101 Å². The van der Waals surface area contributed by atoms with Crippen molar-refractivity contribution in [1.29, 1.82) is 0 Å². The number of halogens is 2. The van der Waals surface area contributed by atoms with Crippen LogP contribution in [0.4, 0.5) is 8.78 Å². The maximum absolute atomic E-state index is 12.4. The van der Waals surface area contributed by atoms with Gasteiger partial charge in [-0.2, -0.15) is 9.82 Å². The van der Waals surface area contributed by atoms with E-state index in [1.54, 1.807) is 13.8 Å². The zero-order valence-corrected chi connectivity index (χ0v) is 13.5. The summed E-state index contributed by atoms with van der Waals surface area (Å²) in [5.74, 6) is -1.66. The van der Waals surface area contributed by atoms with Crippen molar-refractivity contribution in [3.8, 4) is 0 Å². The zero-order valence-electron chi connectivity index (χ0n) is 12.7. The number of aromatic nitrogens is 2. The molecule has 1 atom stereocenters. The Labute approximate surface area is 127 Å². The van der Waals surface area contributed by atoms with Gasteiger partial charge in [-0.25, -0.2) is 17.2 Å². The first-order chi connectivity index (χ1) is 9.97. The molecule has 0 spiro atoms. The van der Waals surface area contributed by atoms with E-state index in [1.165, 1.54) is 18.5 Å². The minimum atomic E-state index is -4.27. The monoisotopic (exact) mass is 339 g/mol. The summed E-state index contributed by atoms with van der Waals surface area (Å²) in [4.78, 5) is 10.8. The Hall–Kier alpha value is -1.55. The fraction of sp³-hybridized carbons (Fsp3) is 0.667. The van der Waals surface area contributed by atoms with Crippen molar-refractivity contribution in [3.63, 3.8) is 0 Å². The first kappa shape index (κ1) is 18.5. The van der Waals surface area contributed by atoms with Crippen LogP contribution in [0.1, 0.15) is 37.7 Å². The lowest BCUT2D eigenvalue weighted by atomic mass is 10.2. The molecule has 0 aromatic carbocycles. The summed E-state index contributed by atoms with van der Waals surface area (Å²) in [6, 6.07) is -2.00. The maximum atomic E-state index is 12.4. The van der Waals surface area contributed by atoms with E-state index in [1.807, 2.05) is 4.72 Å². The Balaban J connectivity index is 3.22. The van der Waals surface area contributed by atoms with Gasteiger partial charge in [0.25, 0.3) is 0 Å². The fourth-order valence-electron chi connectivity index (χ4n) is 2.16. The quantitative estimate of drug-likeness (QED) is 0.783. The van der Waals surface area contributed by atoms with E-state index >= 15 is 0 Å². The molecule has 0 saturated carbocycles. The van der Waals surface area contributed by atoms with Crippen LogP contribution in [0.2, 0.25) is 0 Å². The number of rotatable bonds is 7. The Bertz CT molecular complexity index is 656. The molecule has 10 heteroatoms. The highest BCUT2D eigenvalue weighted by molar-refractivity contribution is 7.89. The van der Waals surface area contributed by atoms with Gasteiger partial charge in [-0.05, 0) is 27.7 Å². The van der Waals surface area contributed by atoms with Gasteiger partial charge in [0, 0.05) is 12.5 Å². The first-order valence-corrected chi connectivity index (χ1v) is 8.04. The maximum Gasteiger partial charge on any atom is 0.321 e. The molecule has 0 bridgehead atoms. The van der Waals surface area contributed by atoms with Crippen LogP contribution in [0.15, 0.2) is 4.90 Å². The van der Waals surface area contributed by atoms with E-state index in [0.717, 1.165) is 0 Å². The summed E-state index contributed by atoms with van der Waals surface area (Å²) < 4.78 is 52.7. The molecule has 0 fully saturated rings. The van der Waals surface area contributed by atoms with Gasteiger partial charge in [0.15, 0.2) is 0 Å². The Morgan fingerprint density at radius 3 is 2.27 bits per heavy atom. The lowest BCUT2D eigenvalue weighted by Crippen LogP contribution is -2.42. The summed E-state index contributed by atoms with van der Waals surface area (Å²) in [6.07, 6.45) is -4.05. The lowest BCUT2D eigenvalue weighted by Gasteiger charge is -2.15. The van der Waals surface area contributed by atoms with Gasteiger partial charge in [0.05, 0.1) is 11.4 Å². The second-order valence-electron chi connectivity index (χ2n) is 5.18. The molecule has 1 unspecified atom stereocenters. The van der Waals surface area contributed by atoms with E-state index in [-0.39, 0.29) is 16.6 Å². The molecule has 0 aliphatic carbocycles. The smallest absolute Gasteiger partial charge is 0.321 e. The normalized spacial score (nSPS) is 13.8. The average molecular weight is 339 g/mol. The van der Waals surface area contributed by atoms with E-state index in [4.69, 9.17) is 5.11 Å². The van der Waals surface area contributed by atoms with E-state index in [2.05, 4.69) is 5.10 Å². The molecular formula is C12H19F2N3O4S. The van der Waals surface area contributed by atoms with Crippen LogP contribution in [0.25, 0.3) is 0 Å². The third-order valence-electron chi connectivity index (χ3n) is 3.03. The minimum Gasteiger partial charge on any atom is -0.480 e. The Morgan fingerprint density at radius 1 is 1.36 bits per heavy atom. The van der Waals surface area contributed by atoms with Crippen LogP contribution in [0, 0.1) is 13.8 Å². The molecule has 22 heavy (non-hydrogen) atoms. The van der Waals surface area contributed by atoms with Crippen LogP contribution in [0.3, 0.4) is 0 Å². The highest BCUT2D eigenvalue weighted by Crippen LogP contribution is 2.22. The number of carboxylic acids is 1. The molecule has 2 N–H and O–H groups in total. The number of carbonyl (C=O) groups is 1. The van der Waals surface area contributed by atoms with Gasteiger partial charge in [-0.1, -0.05) is 0 Å². The lowest BCUT2D eigenvalue weighted by molar-refractivity contribution is -0.140. The standard InChI is InChI=1S/C12H19F2N3O4S/c1-6(2)17-8(4)11(7(3)15-17)22(20,21)16-9(12(18)19)5-10(13)14/h6,9-10,16H,5H2,1-4H3,(H,18,19). The molecule has 0 aliphatic heterocycles. The predicted octanol–water partition coefficient (Wildman–Crippen LogP) is 1.47. The summed E-state index contributed by atoms with van der Waals surface area (Å²) in [5.41, 5.74) is 0.501. The first-order valence-electron chi connectivity index (χ1n) is 6.56. The minimum absolute atomic E-state index is 0.0982. The summed E-state index contributed by atoms with van der Waals surface area (Å²) in [6.45, 7) is 6.60. The number of carboxylic acid groups (broad SMARTS) is 1. The fourth-order valence-corrected chi connectivity index (χ4v) is 3.76. The molecule has 1 aromatic rings. The summed E-state index contributed by atoms with van der Waals surface area (Å²) in [5, 5.41) is 13.0. The van der Waals surface area contributed by atoms with Crippen LogP contribution in [0.5, 0.6) is 0 Å². The second kappa shape index (κ2) is 6.69. The molecule has 1 aromatic heterocycles. The van der Waals surface area contributed by atoms with Crippen molar-refractivity contribution in [1.82, 2.24) is 14.5 Å². The van der Waals surface area contributed by atoms with Gasteiger partial charge in [0.2, 0.25) is 16.4 Å². The van der Waals surface area contributed by atoms with Gasteiger partial charge in [-0.3, -0.25) is 9.48 Å². The number of nitrogens with one attached hydrogen (secondary N) is 1. The van der Waals surface area contributed by atoms with Gasteiger partial charge < -0.3 is 5.11 Å². The molecule has 7 nitrogen and oxygen atoms in total. The largest absolute Gasteiger partial charge is 0.480 e. The summed E-state index contributed by atoms with van der Waals surface area (Å²) >= 11 is 0. The molecule has 0 radical (unpaired) electrons. The van der Waals surface area contributed by atoms with Gasteiger partial charge in [0.1, 0.15) is 10.9 Å². The van der Waals surface area contributed by atoms with E-state index in [9.17, 15) is 22.0 Å². The van der Waals surface area contributed by atoms with Crippen molar-refractivity contribution >= 4 is 16.0 Å². The van der Waals surface area contributed by atoms with Crippen molar-refractivity contribution in [2.45, 2.75) is 57.5 Å². The third-order valence-corrected chi connectivity index (χ3v) is 4.75. The number of sulfonamides is 1. The average Bonchev–Trinajstić information content (AvgIpc) is 2.63. The predicted molar refractivity (Wildman–Crippen MR) is 74.5 cm³/mol. The number of alkyl halides is 2. The van der Waals surface area contributed by atoms with Crippen LogP contribution < -0.4 is 4.72 Å². The zero-order chi connectivity index (χ0) is 17.2. The van der Waals surface area contributed by atoms with E-state index in [0.29, 0.717) is 5.69 Å². The van der Waals surface area contributed by atoms with Crippen LogP contribution >= 0.6 is 0 Å². The Kier molecular flexibility index (Phi) is 5.63. The van der Waals surface area contributed by atoms with E-state index < -0.39 is 34.9 Å². The molecule has 1 rings (SSSR count). The van der Waals surface area contributed by atoms with Gasteiger partial charge in [-0.15, -0.1) is 0 Å². The highest BCUT2D eigenvalue weighted by Gasteiger charge is 2.32. The number of hydrogen-bond donors (Lipinski definition) is 2. The number of nitrogens with zero attached hydrogens (tertiary/aromatic N) is 2. The molecule has 126 valence electrons. The third kappa shape index (κ3) is 4.01.